The SMILES string of the molecule is COC1CN(Cc2ccc([S@@](N)(=O)=NC(=O)Nc3c4c(cc5c3CCC5)CCC4)cc2)C1. The number of ether oxygens (including phenoxy) is 1. The molecule has 3 aliphatic rings. The highest BCUT2D eigenvalue weighted by Gasteiger charge is 2.27. The van der Waals surface area contributed by atoms with Crippen LogP contribution in [-0.2, 0) is 46.9 Å². The predicted molar refractivity (Wildman–Crippen MR) is 125 cm³/mol. The zero-order valence-electron chi connectivity index (χ0n) is 18.4. The van der Waals surface area contributed by atoms with E-state index in [9.17, 15) is 9.00 Å². The molecule has 0 aromatic heterocycles. The Bertz CT molecular complexity index is 1130. The largest absolute Gasteiger partial charge is 0.379 e. The van der Waals surface area contributed by atoms with Gasteiger partial charge in [0, 0.05) is 32.4 Å². The van der Waals surface area contributed by atoms with E-state index in [1.165, 1.54) is 22.3 Å². The van der Waals surface area contributed by atoms with E-state index in [4.69, 9.17) is 9.88 Å². The van der Waals surface area contributed by atoms with Gasteiger partial charge in [-0.05, 0) is 78.5 Å². The number of hydrogen-bond donors (Lipinski definition) is 2. The van der Waals surface area contributed by atoms with Crippen molar-refractivity contribution in [1.29, 1.82) is 0 Å². The molecule has 0 saturated carbocycles. The Hall–Kier alpha value is -2.26. The minimum Gasteiger partial charge on any atom is -0.379 e. The van der Waals surface area contributed by atoms with Gasteiger partial charge in [-0.15, -0.1) is 4.36 Å². The molecule has 0 bridgehead atoms. The van der Waals surface area contributed by atoms with Crippen LogP contribution in [0.15, 0.2) is 39.6 Å². The van der Waals surface area contributed by atoms with Crippen LogP contribution in [0.5, 0.6) is 0 Å². The zero-order valence-corrected chi connectivity index (χ0v) is 19.2. The average Bonchev–Trinajstić information content (AvgIpc) is 3.39. The second kappa shape index (κ2) is 8.59. The molecule has 7 nitrogen and oxygen atoms in total. The number of urea groups is 1. The highest BCUT2D eigenvalue weighted by Crippen LogP contribution is 2.38. The molecule has 1 aliphatic heterocycles. The molecule has 0 unspecified atom stereocenters. The van der Waals surface area contributed by atoms with Crippen LogP contribution < -0.4 is 10.5 Å². The van der Waals surface area contributed by atoms with Gasteiger partial charge in [-0.3, -0.25) is 4.90 Å². The first-order chi connectivity index (χ1) is 15.4. The van der Waals surface area contributed by atoms with Crippen molar-refractivity contribution < 1.29 is 13.7 Å². The Labute approximate surface area is 189 Å². The monoisotopic (exact) mass is 454 g/mol. The van der Waals surface area contributed by atoms with Crippen LogP contribution in [-0.4, -0.2) is 41.4 Å². The Morgan fingerprint density at radius 3 is 2.34 bits per heavy atom. The average molecular weight is 455 g/mol. The number of rotatable bonds is 5. The van der Waals surface area contributed by atoms with E-state index >= 15 is 0 Å². The maximum Gasteiger partial charge on any atom is 0.354 e. The number of likely N-dealkylation sites (tertiary alicyclic amines) is 1. The Morgan fingerprint density at radius 1 is 1.12 bits per heavy atom. The Kier molecular flexibility index (Phi) is 5.79. The van der Waals surface area contributed by atoms with Gasteiger partial charge in [0.2, 0.25) is 0 Å². The summed E-state index contributed by atoms with van der Waals surface area (Å²) in [7, 11) is -1.60. The number of benzene rings is 2. The number of amides is 2. The van der Waals surface area contributed by atoms with Crippen LogP contribution in [0.25, 0.3) is 0 Å². The zero-order chi connectivity index (χ0) is 22.3. The number of nitrogens with two attached hydrogens (primary N) is 1. The molecule has 2 aromatic carbocycles. The van der Waals surface area contributed by atoms with Gasteiger partial charge in [0.1, 0.15) is 9.92 Å². The number of methoxy groups -OCH3 is 1. The number of fused-ring (bicyclic) bond motifs is 2. The molecule has 0 spiro atoms. The number of anilines is 1. The molecule has 8 heteroatoms. The molecular weight excluding hydrogens is 424 g/mol. The summed E-state index contributed by atoms with van der Waals surface area (Å²) in [5.74, 6) is 0. The van der Waals surface area contributed by atoms with Crippen molar-refractivity contribution in [1.82, 2.24) is 4.90 Å². The highest BCUT2D eigenvalue weighted by molar-refractivity contribution is 7.91. The molecule has 2 aromatic rings. The summed E-state index contributed by atoms with van der Waals surface area (Å²) < 4.78 is 22.3. The maximum absolute atomic E-state index is 13.1. The summed E-state index contributed by atoms with van der Waals surface area (Å²) in [5, 5.41) is 8.96. The van der Waals surface area contributed by atoms with Gasteiger partial charge in [-0.25, -0.2) is 14.1 Å². The second-order valence-electron chi connectivity index (χ2n) is 9.02. The van der Waals surface area contributed by atoms with Crippen LogP contribution in [0.2, 0.25) is 0 Å². The molecule has 1 atom stereocenters. The van der Waals surface area contributed by atoms with Crippen LogP contribution in [0.3, 0.4) is 0 Å². The fourth-order valence-corrected chi connectivity index (χ4v) is 6.04. The summed E-state index contributed by atoms with van der Waals surface area (Å²) >= 11 is 0. The minimum atomic E-state index is -3.33. The number of hydrogen-bond acceptors (Lipinski definition) is 4. The topological polar surface area (TPSA) is 97.0 Å². The maximum atomic E-state index is 13.1. The van der Waals surface area contributed by atoms with Crippen molar-refractivity contribution in [3.8, 4) is 0 Å². The van der Waals surface area contributed by atoms with E-state index < -0.39 is 15.9 Å². The first-order valence-electron chi connectivity index (χ1n) is 11.3. The second-order valence-corrected chi connectivity index (χ2v) is 10.8. The molecular formula is C24H30N4O3S. The number of aryl methyl sites for hydroxylation is 2. The summed E-state index contributed by atoms with van der Waals surface area (Å²) in [5.41, 5.74) is 7.05. The Morgan fingerprint density at radius 2 is 1.75 bits per heavy atom. The highest BCUT2D eigenvalue weighted by atomic mass is 32.2. The van der Waals surface area contributed by atoms with Crippen molar-refractivity contribution in [2.24, 2.45) is 9.50 Å². The fraction of sp³-hybridized carbons (Fsp3) is 0.458. The fourth-order valence-electron chi connectivity index (χ4n) is 5.12. The third-order valence-electron chi connectivity index (χ3n) is 6.85. The van der Waals surface area contributed by atoms with E-state index in [0.29, 0.717) is 11.0 Å². The van der Waals surface area contributed by atoms with Crippen molar-refractivity contribution in [2.75, 3.05) is 25.5 Å². The van der Waals surface area contributed by atoms with Crippen LogP contribution in [0.1, 0.15) is 40.7 Å². The number of nitrogens with zero attached hydrogens (tertiary/aromatic N) is 2. The van der Waals surface area contributed by atoms with Gasteiger partial charge in [0.15, 0.2) is 0 Å². The van der Waals surface area contributed by atoms with Crippen molar-refractivity contribution >= 4 is 21.6 Å². The predicted octanol–water partition coefficient (Wildman–Crippen LogP) is 3.43. The van der Waals surface area contributed by atoms with Gasteiger partial charge in [0.05, 0.1) is 11.0 Å². The normalized spacial score (nSPS) is 19.7. The molecule has 1 heterocycles. The molecule has 2 amide bonds. The van der Waals surface area contributed by atoms with Crippen molar-refractivity contribution in [2.45, 2.75) is 56.1 Å². The molecule has 3 N–H and O–H groups in total. The smallest absolute Gasteiger partial charge is 0.354 e. The van der Waals surface area contributed by atoms with Crippen LogP contribution in [0.4, 0.5) is 10.5 Å². The number of nitrogens with one attached hydrogen (secondary N) is 1. The van der Waals surface area contributed by atoms with Crippen molar-refractivity contribution in [3.05, 3.63) is 58.1 Å². The molecule has 0 radical (unpaired) electrons. The lowest BCUT2D eigenvalue weighted by atomic mass is 9.99. The number of carbonyl (C=O) groups is 1. The summed E-state index contributed by atoms with van der Waals surface area (Å²) in [6.45, 7) is 2.62. The summed E-state index contributed by atoms with van der Waals surface area (Å²) in [4.78, 5) is 15.4. The van der Waals surface area contributed by atoms with Crippen LogP contribution >= 0.6 is 0 Å². The lowest BCUT2D eigenvalue weighted by molar-refractivity contribution is -0.0334. The molecule has 5 rings (SSSR count). The van der Waals surface area contributed by atoms with E-state index in [1.54, 1.807) is 19.2 Å². The Balaban J connectivity index is 1.32. The third-order valence-corrected chi connectivity index (χ3v) is 8.23. The molecule has 2 aliphatic carbocycles. The minimum absolute atomic E-state index is 0.307. The lowest BCUT2D eigenvalue weighted by Crippen LogP contribution is -2.50. The standard InChI is InChI=1S/C24H30N4O3S/c1-31-19-14-28(15-19)13-16-8-10-20(11-9-16)32(25,30)27-24(29)26-23-21-6-2-4-17(21)12-18-5-3-7-22(18)23/h8-12,19H,2-7,13-15H2,1H3,(H3,25,26,27,29,30)/t32-/m0/s1. The quantitative estimate of drug-likeness (QED) is 0.723. The van der Waals surface area contributed by atoms with Crippen LogP contribution in [0, 0.1) is 0 Å². The molecule has 32 heavy (non-hydrogen) atoms. The first kappa shape index (κ1) is 21.6. The first-order valence-corrected chi connectivity index (χ1v) is 12.9. The van der Waals surface area contributed by atoms with E-state index in [2.05, 4.69) is 20.6 Å². The summed E-state index contributed by atoms with van der Waals surface area (Å²) in [6.07, 6.45) is 6.52. The van der Waals surface area contributed by atoms with E-state index in [-0.39, 0.29) is 0 Å². The lowest BCUT2D eigenvalue weighted by Gasteiger charge is -2.38. The summed E-state index contributed by atoms with van der Waals surface area (Å²) in [6, 6.07) is 8.88. The molecule has 1 fully saturated rings. The van der Waals surface area contributed by atoms with Gasteiger partial charge in [-0.1, -0.05) is 18.2 Å². The van der Waals surface area contributed by atoms with E-state index in [1.807, 2.05) is 12.1 Å². The van der Waals surface area contributed by atoms with Gasteiger partial charge < -0.3 is 10.1 Å². The molecule has 170 valence electrons. The molecule has 1 saturated heterocycles. The third kappa shape index (κ3) is 4.20. The van der Waals surface area contributed by atoms with Gasteiger partial charge >= 0.3 is 6.03 Å². The van der Waals surface area contributed by atoms with Gasteiger partial charge in [-0.2, -0.15) is 0 Å². The van der Waals surface area contributed by atoms with Gasteiger partial charge in [0.25, 0.3) is 0 Å². The number of carbonyl (C=O) groups excluding carboxylic acids is 1. The van der Waals surface area contributed by atoms with E-state index in [0.717, 1.165) is 69.4 Å². The van der Waals surface area contributed by atoms with Crippen molar-refractivity contribution in [3.63, 3.8) is 0 Å².